The van der Waals surface area contributed by atoms with Gasteiger partial charge in [-0.05, 0) is 52.9 Å². The lowest BCUT2D eigenvalue weighted by Gasteiger charge is -2.27. The summed E-state index contributed by atoms with van der Waals surface area (Å²) in [6, 6.07) is 9.78. The molecule has 0 bridgehead atoms. The van der Waals surface area contributed by atoms with E-state index < -0.39 is 12.0 Å². The molecule has 1 aromatic carbocycles. The SMILES string of the molecule is COC(=O)c1cccc2c3c(N)ncnc3n(CC(=O)N3C4C[C@@H]4C[C@H]3C(=O)Nc3cccc(Br)n3)c12. The number of para-hydroxylation sites is 1. The Hall–Kier alpha value is -4.06. The largest absolute Gasteiger partial charge is 0.465 e. The van der Waals surface area contributed by atoms with Crippen molar-refractivity contribution < 1.29 is 19.1 Å². The summed E-state index contributed by atoms with van der Waals surface area (Å²) in [6.45, 7) is -0.132. The van der Waals surface area contributed by atoms with E-state index in [2.05, 4.69) is 36.2 Å². The molecule has 2 amide bonds. The highest BCUT2D eigenvalue weighted by molar-refractivity contribution is 9.10. The van der Waals surface area contributed by atoms with Crippen LogP contribution in [0.2, 0.25) is 0 Å². The second-order valence-electron chi connectivity index (χ2n) is 9.19. The van der Waals surface area contributed by atoms with Crippen LogP contribution in [0.3, 0.4) is 0 Å². The third-order valence-corrected chi connectivity index (χ3v) is 7.49. The summed E-state index contributed by atoms with van der Waals surface area (Å²) in [6.07, 6.45) is 2.77. The minimum atomic E-state index is -0.620. The number of nitrogens with two attached hydrogens (primary N) is 1. The van der Waals surface area contributed by atoms with E-state index in [0.29, 0.717) is 38.8 Å². The molecule has 1 unspecified atom stereocenters. The van der Waals surface area contributed by atoms with Crippen molar-refractivity contribution in [2.24, 2.45) is 5.92 Å². The van der Waals surface area contributed by atoms with Gasteiger partial charge in [-0.2, -0.15) is 0 Å². The number of anilines is 2. The number of ether oxygens (including phenoxy) is 1. The molecule has 188 valence electrons. The summed E-state index contributed by atoms with van der Waals surface area (Å²) in [5.41, 5.74) is 7.38. The van der Waals surface area contributed by atoms with Crippen molar-refractivity contribution in [1.82, 2.24) is 24.4 Å². The zero-order valence-corrected chi connectivity index (χ0v) is 21.3. The Morgan fingerprint density at radius 1 is 1.16 bits per heavy atom. The average molecular weight is 564 g/mol. The van der Waals surface area contributed by atoms with E-state index in [1.807, 2.05) is 0 Å². The number of nitrogens with one attached hydrogen (secondary N) is 1. The third-order valence-electron chi connectivity index (χ3n) is 7.05. The Bertz CT molecular complexity index is 1600. The van der Waals surface area contributed by atoms with Gasteiger partial charge in [0.1, 0.15) is 40.8 Å². The molecule has 3 aromatic heterocycles. The molecule has 2 fully saturated rings. The van der Waals surface area contributed by atoms with E-state index in [9.17, 15) is 14.4 Å². The number of esters is 1. The summed E-state index contributed by atoms with van der Waals surface area (Å²) in [5, 5.41) is 4.02. The number of amides is 2. The van der Waals surface area contributed by atoms with Crippen LogP contribution in [0.1, 0.15) is 23.2 Å². The molecule has 3 atom stereocenters. The van der Waals surface area contributed by atoms with Gasteiger partial charge in [0.05, 0.1) is 23.6 Å². The number of halogens is 1. The highest BCUT2D eigenvalue weighted by Crippen LogP contribution is 2.48. The van der Waals surface area contributed by atoms with E-state index >= 15 is 0 Å². The number of rotatable bonds is 5. The molecule has 0 spiro atoms. The van der Waals surface area contributed by atoms with Crippen LogP contribution in [0.5, 0.6) is 0 Å². The van der Waals surface area contributed by atoms with Crippen LogP contribution in [0.25, 0.3) is 21.9 Å². The number of hydrogen-bond acceptors (Lipinski definition) is 8. The molecule has 4 heterocycles. The van der Waals surface area contributed by atoms with Crippen LogP contribution in [0.15, 0.2) is 47.3 Å². The fourth-order valence-electron chi connectivity index (χ4n) is 5.38. The molecule has 11 nitrogen and oxygen atoms in total. The van der Waals surface area contributed by atoms with E-state index in [4.69, 9.17) is 10.5 Å². The number of piperidine rings is 1. The maximum Gasteiger partial charge on any atom is 0.340 e. The molecular weight excluding hydrogens is 542 g/mol. The second kappa shape index (κ2) is 8.80. The Kier molecular flexibility index (Phi) is 5.55. The quantitative estimate of drug-likeness (QED) is 0.278. The second-order valence-corrected chi connectivity index (χ2v) is 10.00. The van der Waals surface area contributed by atoms with Crippen molar-refractivity contribution in [1.29, 1.82) is 0 Å². The fourth-order valence-corrected chi connectivity index (χ4v) is 5.72. The standard InChI is InChI=1S/C25H22BrN7O4/c1-37-25(36)14-5-2-4-13-20-22(27)28-11-29-23(20)32(21(13)14)10-19(34)33-15-8-12(15)9-16(33)24(35)31-18-7-3-6-17(26)30-18/h2-7,11-12,15-16H,8-10H2,1H3,(H2,27,28,29)(H,30,31,35)/t12-,15?,16+/m1/s1. The van der Waals surface area contributed by atoms with Gasteiger partial charge in [0.2, 0.25) is 11.8 Å². The van der Waals surface area contributed by atoms with Crippen molar-refractivity contribution in [2.45, 2.75) is 31.5 Å². The summed E-state index contributed by atoms with van der Waals surface area (Å²) in [7, 11) is 1.30. The number of nitrogen functional groups attached to an aromatic ring is 1. The average Bonchev–Trinajstić information content (AvgIpc) is 3.42. The maximum atomic E-state index is 13.8. The van der Waals surface area contributed by atoms with Gasteiger partial charge in [-0.1, -0.05) is 18.2 Å². The molecule has 2 aliphatic rings. The molecule has 1 aliphatic heterocycles. The van der Waals surface area contributed by atoms with Crippen molar-refractivity contribution in [3.05, 3.63) is 52.9 Å². The van der Waals surface area contributed by atoms with Crippen LogP contribution >= 0.6 is 15.9 Å². The van der Waals surface area contributed by atoms with Gasteiger partial charge >= 0.3 is 5.97 Å². The number of carbonyl (C=O) groups is 3. The molecule has 1 saturated carbocycles. The monoisotopic (exact) mass is 563 g/mol. The lowest BCUT2D eigenvalue weighted by molar-refractivity contribution is -0.138. The molecule has 6 rings (SSSR count). The van der Waals surface area contributed by atoms with Gasteiger partial charge in [-0.15, -0.1) is 0 Å². The number of methoxy groups -OCH3 is 1. The maximum absolute atomic E-state index is 13.8. The number of likely N-dealkylation sites (tertiary alicyclic amines) is 1. The molecule has 1 aliphatic carbocycles. The summed E-state index contributed by atoms with van der Waals surface area (Å²) < 4.78 is 7.25. The van der Waals surface area contributed by atoms with Gasteiger partial charge in [0.25, 0.3) is 0 Å². The Morgan fingerprint density at radius 2 is 1.97 bits per heavy atom. The van der Waals surface area contributed by atoms with Crippen LogP contribution in [0.4, 0.5) is 11.6 Å². The smallest absolute Gasteiger partial charge is 0.340 e. The Balaban J connectivity index is 1.37. The fraction of sp³-hybridized carbons (Fsp3) is 0.280. The number of carbonyl (C=O) groups excluding carboxylic acids is 3. The highest BCUT2D eigenvalue weighted by Gasteiger charge is 2.56. The number of nitrogens with zero attached hydrogens (tertiary/aromatic N) is 5. The van der Waals surface area contributed by atoms with Gasteiger partial charge in [0, 0.05) is 11.4 Å². The van der Waals surface area contributed by atoms with E-state index in [0.717, 1.165) is 6.42 Å². The van der Waals surface area contributed by atoms with Crippen molar-refractivity contribution in [3.8, 4) is 0 Å². The molecule has 1 saturated heterocycles. The summed E-state index contributed by atoms with van der Waals surface area (Å²) in [5.74, 6) is -0.138. The summed E-state index contributed by atoms with van der Waals surface area (Å²) >= 11 is 3.30. The lowest BCUT2D eigenvalue weighted by atomic mass is 10.1. The lowest BCUT2D eigenvalue weighted by Crippen LogP contribution is -2.46. The van der Waals surface area contributed by atoms with Crippen molar-refractivity contribution in [2.75, 3.05) is 18.2 Å². The van der Waals surface area contributed by atoms with Crippen molar-refractivity contribution >= 4 is 67.3 Å². The van der Waals surface area contributed by atoms with E-state index in [1.54, 1.807) is 45.9 Å². The molecule has 3 N–H and O–H groups in total. The summed E-state index contributed by atoms with van der Waals surface area (Å²) in [4.78, 5) is 54.0. The Morgan fingerprint density at radius 3 is 2.76 bits per heavy atom. The van der Waals surface area contributed by atoms with Crippen LogP contribution in [0, 0.1) is 5.92 Å². The molecular formula is C25H22BrN7O4. The van der Waals surface area contributed by atoms with Crippen LogP contribution in [-0.2, 0) is 20.9 Å². The molecule has 12 heteroatoms. The number of fused-ring (bicyclic) bond motifs is 4. The van der Waals surface area contributed by atoms with Gasteiger partial charge in [-0.3, -0.25) is 9.59 Å². The first-order chi connectivity index (χ1) is 17.9. The predicted molar refractivity (Wildman–Crippen MR) is 138 cm³/mol. The first kappa shape index (κ1) is 23.3. The first-order valence-electron chi connectivity index (χ1n) is 11.7. The van der Waals surface area contributed by atoms with Gasteiger partial charge < -0.3 is 25.3 Å². The minimum Gasteiger partial charge on any atom is -0.465 e. The Labute approximate surface area is 219 Å². The van der Waals surface area contributed by atoms with Gasteiger partial charge in [-0.25, -0.2) is 19.7 Å². The van der Waals surface area contributed by atoms with Gasteiger partial charge in [0.15, 0.2) is 0 Å². The minimum absolute atomic E-state index is 0.00609. The van der Waals surface area contributed by atoms with E-state index in [1.165, 1.54) is 13.4 Å². The van der Waals surface area contributed by atoms with Crippen molar-refractivity contribution in [3.63, 3.8) is 0 Å². The topological polar surface area (TPSA) is 145 Å². The van der Waals surface area contributed by atoms with E-state index in [-0.39, 0.29) is 41.7 Å². The zero-order valence-electron chi connectivity index (χ0n) is 19.7. The number of aromatic nitrogens is 4. The number of benzene rings is 1. The first-order valence-corrected chi connectivity index (χ1v) is 12.5. The van der Waals surface area contributed by atoms with Crippen LogP contribution < -0.4 is 11.1 Å². The molecule has 37 heavy (non-hydrogen) atoms. The third kappa shape index (κ3) is 3.88. The van der Waals surface area contributed by atoms with Crippen LogP contribution in [-0.4, -0.2) is 61.4 Å². The molecule has 4 aromatic rings. The highest BCUT2D eigenvalue weighted by atomic mass is 79.9. The normalized spacial score (nSPS) is 20.2. The zero-order chi connectivity index (χ0) is 25.8. The molecule has 0 radical (unpaired) electrons. The number of hydrogen-bond donors (Lipinski definition) is 2. The number of pyridine rings is 1. The predicted octanol–water partition coefficient (Wildman–Crippen LogP) is 2.74.